The molecule has 120 valence electrons. The molecule has 2 aromatic rings. The molecule has 1 aromatic heterocycles. The van der Waals surface area contributed by atoms with E-state index in [0.29, 0.717) is 16.9 Å². The van der Waals surface area contributed by atoms with E-state index in [0.717, 1.165) is 31.9 Å². The van der Waals surface area contributed by atoms with Crippen molar-refractivity contribution in [1.29, 1.82) is 0 Å². The average molecular weight is 314 g/mol. The Kier molecular flexibility index (Phi) is 4.14. The van der Waals surface area contributed by atoms with Gasteiger partial charge in [-0.2, -0.15) is 0 Å². The molecule has 1 fully saturated rings. The fourth-order valence-corrected chi connectivity index (χ4v) is 2.82. The molecule has 1 saturated heterocycles. The van der Waals surface area contributed by atoms with Crippen LogP contribution in [0.15, 0.2) is 36.5 Å². The van der Waals surface area contributed by atoms with Gasteiger partial charge in [0.1, 0.15) is 0 Å². The third kappa shape index (κ3) is 3.11. The summed E-state index contributed by atoms with van der Waals surface area (Å²) in [6, 6.07) is 8.98. The van der Waals surface area contributed by atoms with E-state index in [2.05, 4.69) is 9.88 Å². The van der Waals surface area contributed by atoms with Crippen LogP contribution in [-0.4, -0.2) is 37.1 Å². The van der Waals surface area contributed by atoms with Gasteiger partial charge in [-0.15, -0.1) is 0 Å². The highest BCUT2D eigenvalue weighted by molar-refractivity contribution is 5.93. The fraction of sp³-hybridized carbons (Fsp3) is 0.294. The number of nitrogens with two attached hydrogens (primary N) is 1. The number of halogens is 1. The number of carbonyl (C=O) groups excluding carboxylic acids is 1. The normalized spacial score (nSPS) is 14.9. The second-order valence-electron chi connectivity index (χ2n) is 5.61. The van der Waals surface area contributed by atoms with Gasteiger partial charge in [0.15, 0.2) is 5.82 Å². The summed E-state index contributed by atoms with van der Waals surface area (Å²) in [5.41, 5.74) is 7.83. The van der Waals surface area contributed by atoms with E-state index in [1.807, 2.05) is 17.0 Å². The summed E-state index contributed by atoms with van der Waals surface area (Å²) in [5.74, 6) is -0.670. The second-order valence-corrected chi connectivity index (χ2v) is 5.61. The molecule has 6 heteroatoms. The number of aryl methyl sites for hydroxylation is 1. The van der Waals surface area contributed by atoms with Gasteiger partial charge in [0.25, 0.3) is 0 Å². The maximum absolute atomic E-state index is 14.2. The number of benzene rings is 1. The summed E-state index contributed by atoms with van der Waals surface area (Å²) in [4.78, 5) is 19.3. The average Bonchev–Trinajstić information content (AvgIpc) is 2.58. The van der Waals surface area contributed by atoms with Gasteiger partial charge in [0.05, 0.1) is 11.4 Å². The maximum atomic E-state index is 14.2. The molecule has 0 saturated carbocycles. The molecule has 1 aliphatic heterocycles. The van der Waals surface area contributed by atoms with E-state index in [-0.39, 0.29) is 5.82 Å². The highest BCUT2D eigenvalue weighted by Crippen LogP contribution is 2.24. The van der Waals surface area contributed by atoms with Gasteiger partial charge in [-0.3, -0.25) is 9.78 Å². The predicted octanol–water partition coefficient (Wildman–Crippen LogP) is 1.95. The molecule has 0 radical (unpaired) electrons. The lowest BCUT2D eigenvalue weighted by Gasteiger charge is -2.37. The van der Waals surface area contributed by atoms with E-state index >= 15 is 0 Å². The minimum Gasteiger partial charge on any atom is -0.368 e. The van der Waals surface area contributed by atoms with Crippen LogP contribution < -0.4 is 15.5 Å². The smallest absolute Gasteiger partial charge is 0.248 e. The largest absolute Gasteiger partial charge is 0.368 e. The van der Waals surface area contributed by atoms with E-state index in [4.69, 9.17) is 5.73 Å². The lowest BCUT2D eigenvalue weighted by molar-refractivity contribution is 0.100. The molecule has 1 aromatic carbocycles. The summed E-state index contributed by atoms with van der Waals surface area (Å²) >= 11 is 0. The van der Waals surface area contributed by atoms with Crippen molar-refractivity contribution in [3.8, 4) is 0 Å². The van der Waals surface area contributed by atoms with Crippen molar-refractivity contribution >= 4 is 17.3 Å². The van der Waals surface area contributed by atoms with Gasteiger partial charge in [0.2, 0.25) is 5.91 Å². The molecular formula is C17H19FN4O. The molecule has 5 nitrogen and oxygen atoms in total. The third-order valence-electron chi connectivity index (χ3n) is 4.18. The number of piperazine rings is 1. The molecule has 2 N–H and O–H groups in total. The quantitative estimate of drug-likeness (QED) is 0.940. The number of pyridine rings is 1. The van der Waals surface area contributed by atoms with Crippen LogP contribution in [0, 0.1) is 12.7 Å². The van der Waals surface area contributed by atoms with Crippen LogP contribution >= 0.6 is 0 Å². The minimum atomic E-state index is -0.426. The first-order chi connectivity index (χ1) is 11.1. The Morgan fingerprint density at radius 2 is 1.70 bits per heavy atom. The highest BCUT2D eigenvalue weighted by Gasteiger charge is 2.20. The Morgan fingerprint density at radius 1 is 1.09 bits per heavy atom. The van der Waals surface area contributed by atoms with E-state index in [1.54, 1.807) is 31.3 Å². The fourth-order valence-electron chi connectivity index (χ4n) is 2.82. The molecule has 23 heavy (non-hydrogen) atoms. The first-order valence-corrected chi connectivity index (χ1v) is 7.57. The number of hydrogen-bond acceptors (Lipinski definition) is 4. The zero-order chi connectivity index (χ0) is 16.4. The maximum Gasteiger partial charge on any atom is 0.248 e. The summed E-state index contributed by atoms with van der Waals surface area (Å²) in [5, 5.41) is 0. The number of aromatic nitrogens is 1. The van der Waals surface area contributed by atoms with E-state index in [9.17, 15) is 9.18 Å². The van der Waals surface area contributed by atoms with Gasteiger partial charge < -0.3 is 15.5 Å². The molecule has 0 spiro atoms. The molecule has 0 bridgehead atoms. The third-order valence-corrected chi connectivity index (χ3v) is 4.18. The van der Waals surface area contributed by atoms with Crippen LogP contribution in [0.2, 0.25) is 0 Å². The Balaban J connectivity index is 1.68. The van der Waals surface area contributed by atoms with Crippen molar-refractivity contribution < 1.29 is 9.18 Å². The van der Waals surface area contributed by atoms with Crippen LogP contribution in [0.4, 0.5) is 15.8 Å². The zero-order valence-electron chi connectivity index (χ0n) is 13.0. The van der Waals surface area contributed by atoms with Crippen molar-refractivity contribution in [1.82, 2.24) is 4.98 Å². The van der Waals surface area contributed by atoms with Crippen LogP contribution in [-0.2, 0) is 0 Å². The summed E-state index contributed by atoms with van der Waals surface area (Å²) in [7, 11) is 0. The van der Waals surface area contributed by atoms with Crippen LogP contribution in [0.5, 0.6) is 0 Å². The molecule has 1 amide bonds. The van der Waals surface area contributed by atoms with Gasteiger partial charge in [-0.05, 0) is 37.3 Å². The Morgan fingerprint density at radius 3 is 2.30 bits per heavy atom. The van der Waals surface area contributed by atoms with Crippen molar-refractivity contribution in [2.75, 3.05) is 36.0 Å². The number of rotatable bonds is 3. The molecule has 1 aliphatic rings. The molecule has 0 atom stereocenters. The summed E-state index contributed by atoms with van der Waals surface area (Å²) in [6.07, 6.45) is 1.64. The predicted molar refractivity (Wildman–Crippen MR) is 88.3 cm³/mol. The van der Waals surface area contributed by atoms with E-state index in [1.165, 1.54) is 0 Å². The first-order valence-electron chi connectivity index (χ1n) is 7.57. The molecule has 0 aliphatic carbocycles. The van der Waals surface area contributed by atoms with Crippen LogP contribution in [0.3, 0.4) is 0 Å². The number of anilines is 2. The van der Waals surface area contributed by atoms with Crippen molar-refractivity contribution in [3.63, 3.8) is 0 Å². The monoisotopic (exact) mass is 314 g/mol. The molecule has 2 heterocycles. The molecule has 3 rings (SSSR count). The lowest BCUT2D eigenvalue weighted by Crippen LogP contribution is -2.46. The molecular weight excluding hydrogens is 295 g/mol. The number of hydrogen-bond donors (Lipinski definition) is 1. The standard InChI is InChI=1S/C17H19FN4O/c1-12-16(18)15(6-7-20-12)22-10-8-21(9-11-22)14-4-2-13(3-5-14)17(19)23/h2-7H,8-11H2,1H3,(H2,19,23). The van der Waals surface area contributed by atoms with Crippen LogP contribution in [0.1, 0.15) is 16.1 Å². The first kappa shape index (κ1) is 15.3. The number of carbonyl (C=O) groups is 1. The van der Waals surface area contributed by atoms with Crippen molar-refractivity contribution in [2.45, 2.75) is 6.92 Å². The van der Waals surface area contributed by atoms with Crippen LogP contribution in [0.25, 0.3) is 0 Å². The van der Waals surface area contributed by atoms with Gasteiger partial charge in [0, 0.05) is 43.6 Å². The minimum absolute atomic E-state index is 0.244. The second kappa shape index (κ2) is 6.24. The topological polar surface area (TPSA) is 62.5 Å². The Hall–Kier alpha value is -2.63. The summed E-state index contributed by atoms with van der Waals surface area (Å²) < 4.78 is 14.2. The van der Waals surface area contributed by atoms with Gasteiger partial charge >= 0.3 is 0 Å². The highest BCUT2D eigenvalue weighted by atomic mass is 19.1. The lowest BCUT2D eigenvalue weighted by atomic mass is 10.1. The Bertz CT molecular complexity index is 709. The van der Waals surface area contributed by atoms with Crippen molar-refractivity contribution in [3.05, 3.63) is 53.6 Å². The molecule has 0 unspecified atom stereocenters. The van der Waals surface area contributed by atoms with E-state index < -0.39 is 5.91 Å². The zero-order valence-corrected chi connectivity index (χ0v) is 13.0. The summed E-state index contributed by atoms with van der Waals surface area (Å²) in [6.45, 7) is 4.72. The van der Waals surface area contributed by atoms with Gasteiger partial charge in [-0.25, -0.2) is 4.39 Å². The Labute approximate surface area is 134 Å². The number of nitrogens with zero attached hydrogens (tertiary/aromatic N) is 3. The number of primary amides is 1. The number of amides is 1. The SMILES string of the molecule is Cc1nccc(N2CCN(c3ccc(C(N)=O)cc3)CC2)c1F. The van der Waals surface area contributed by atoms with Crippen molar-refractivity contribution in [2.24, 2.45) is 5.73 Å². The van der Waals surface area contributed by atoms with Gasteiger partial charge in [-0.1, -0.05) is 0 Å².